The van der Waals surface area contributed by atoms with E-state index in [0.717, 1.165) is 0 Å². The molecule has 98 valence electrons. The number of amides is 1. The summed E-state index contributed by atoms with van der Waals surface area (Å²) < 4.78 is 5.32. The second-order valence-electron chi connectivity index (χ2n) is 3.57. The maximum atomic E-state index is 11.5. The Labute approximate surface area is 110 Å². The minimum absolute atomic E-state index is 0.0723. The van der Waals surface area contributed by atoms with Crippen LogP contribution in [0.4, 0.5) is 0 Å². The molecule has 1 aromatic rings. The van der Waals surface area contributed by atoms with Gasteiger partial charge in [-0.15, -0.1) is 0 Å². The van der Waals surface area contributed by atoms with E-state index in [0.29, 0.717) is 6.54 Å². The fourth-order valence-corrected chi connectivity index (χ4v) is 1.62. The topological polar surface area (TPSA) is 75.6 Å². The Balaban J connectivity index is 2.94. The summed E-state index contributed by atoms with van der Waals surface area (Å²) in [4.78, 5) is 22.6. The highest BCUT2D eigenvalue weighted by Crippen LogP contribution is 2.27. The summed E-state index contributed by atoms with van der Waals surface area (Å²) in [5.41, 5.74) is -0.143. The fourth-order valence-electron chi connectivity index (χ4n) is 1.37. The van der Waals surface area contributed by atoms with Crippen molar-refractivity contribution in [1.29, 1.82) is 0 Å². The van der Waals surface area contributed by atoms with Gasteiger partial charge in [0, 0.05) is 6.54 Å². The Morgan fingerprint density at radius 2 is 2.17 bits per heavy atom. The number of nitrogens with one attached hydrogen (secondary N) is 1. The monoisotopic (exact) mass is 271 g/mol. The molecule has 0 aromatic heterocycles. The van der Waals surface area contributed by atoms with Gasteiger partial charge in [0.25, 0.3) is 5.91 Å². The van der Waals surface area contributed by atoms with Crippen molar-refractivity contribution in [2.75, 3.05) is 6.54 Å². The van der Waals surface area contributed by atoms with Crippen molar-refractivity contribution < 1.29 is 19.4 Å². The molecule has 0 saturated heterocycles. The summed E-state index contributed by atoms with van der Waals surface area (Å²) in [5.74, 6) is -1.43. The minimum Gasteiger partial charge on any atom is -0.480 e. The first kappa shape index (κ1) is 14.3. The van der Waals surface area contributed by atoms with Crippen LogP contribution in [0.1, 0.15) is 24.2 Å². The van der Waals surface area contributed by atoms with Crippen molar-refractivity contribution >= 4 is 23.5 Å². The lowest BCUT2D eigenvalue weighted by Crippen LogP contribution is -2.36. The number of carbonyl (C=O) groups is 2. The lowest BCUT2D eigenvalue weighted by atomic mass is 10.2. The molecule has 18 heavy (non-hydrogen) atoms. The third kappa shape index (κ3) is 3.37. The molecule has 1 rings (SSSR count). The summed E-state index contributed by atoms with van der Waals surface area (Å²) in [5, 5.41) is 11.7. The third-order valence-electron chi connectivity index (χ3n) is 2.21. The molecule has 0 aliphatic heterocycles. The number of aromatic carboxylic acids is 1. The molecule has 0 radical (unpaired) electrons. The van der Waals surface area contributed by atoms with Crippen LogP contribution in [-0.2, 0) is 4.79 Å². The van der Waals surface area contributed by atoms with Gasteiger partial charge in [0.1, 0.15) is 11.3 Å². The Bertz CT molecular complexity index is 461. The van der Waals surface area contributed by atoms with Gasteiger partial charge in [-0.25, -0.2) is 4.79 Å². The van der Waals surface area contributed by atoms with Gasteiger partial charge in [-0.2, -0.15) is 0 Å². The molecule has 1 atom stereocenters. The minimum atomic E-state index is -1.20. The van der Waals surface area contributed by atoms with E-state index in [9.17, 15) is 9.59 Å². The molecule has 6 heteroatoms. The SMILES string of the molecule is CCNC(=O)C(C)Oc1cccc(Cl)c1C(=O)O. The van der Waals surface area contributed by atoms with E-state index in [1.54, 1.807) is 13.0 Å². The van der Waals surface area contributed by atoms with Crippen LogP contribution in [0.5, 0.6) is 5.75 Å². The number of hydrogen-bond donors (Lipinski definition) is 2. The van der Waals surface area contributed by atoms with Crippen molar-refractivity contribution in [2.45, 2.75) is 20.0 Å². The van der Waals surface area contributed by atoms with Crippen LogP contribution in [0, 0.1) is 0 Å². The maximum absolute atomic E-state index is 11.5. The first-order valence-electron chi connectivity index (χ1n) is 5.43. The van der Waals surface area contributed by atoms with Crippen molar-refractivity contribution in [3.63, 3.8) is 0 Å². The van der Waals surface area contributed by atoms with E-state index in [2.05, 4.69) is 5.32 Å². The Morgan fingerprint density at radius 3 is 2.72 bits per heavy atom. The van der Waals surface area contributed by atoms with Crippen LogP contribution in [0.2, 0.25) is 5.02 Å². The average Bonchev–Trinajstić information content (AvgIpc) is 2.28. The molecule has 1 amide bonds. The zero-order valence-corrected chi connectivity index (χ0v) is 10.8. The molecule has 0 saturated carbocycles. The normalized spacial score (nSPS) is 11.7. The predicted molar refractivity (Wildman–Crippen MR) is 67.2 cm³/mol. The summed E-state index contributed by atoms with van der Waals surface area (Å²) in [6.07, 6.45) is -0.790. The van der Waals surface area contributed by atoms with Crippen molar-refractivity contribution in [1.82, 2.24) is 5.32 Å². The van der Waals surface area contributed by atoms with E-state index in [1.807, 2.05) is 0 Å². The number of likely N-dealkylation sites (N-methyl/N-ethyl adjacent to an activating group) is 1. The van der Waals surface area contributed by atoms with Gasteiger partial charge in [0.05, 0.1) is 5.02 Å². The highest BCUT2D eigenvalue weighted by Gasteiger charge is 2.20. The second kappa shape index (κ2) is 6.26. The number of carboxylic acid groups (broad SMARTS) is 1. The van der Waals surface area contributed by atoms with Gasteiger partial charge in [-0.1, -0.05) is 17.7 Å². The van der Waals surface area contributed by atoms with Crippen LogP contribution in [-0.4, -0.2) is 29.6 Å². The van der Waals surface area contributed by atoms with Crippen molar-refractivity contribution in [3.05, 3.63) is 28.8 Å². The highest BCUT2D eigenvalue weighted by atomic mass is 35.5. The number of rotatable bonds is 5. The van der Waals surface area contributed by atoms with Crippen LogP contribution in [0.3, 0.4) is 0 Å². The van der Waals surface area contributed by atoms with Gasteiger partial charge >= 0.3 is 5.97 Å². The molecule has 0 aliphatic rings. The van der Waals surface area contributed by atoms with Gasteiger partial charge in [0.15, 0.2) is 6.10 Å². The first-order chi connectivity index (χ1) is 8.47. The van der Waals surface area contributed by atoms with Crippen LogP contribution < -0.4 is 10.1 Å². The summed E-state index contributed by atoms with van der Waals surface area (Å²) in [7, 11) is 0. The number of carbonyl (C=O) groups excluding carboxylic acids is 1. The van der Waals surface area contributed by atoms with Crippen LogP contribution >= 0.6 is 11.6 Å². The number of carboxylic acids is 1. The Morgan fingerprint density at radius 1 is 1.50 bits per heavy atom. The fraction of sp³-hybridized carbons (Fsp3) is 0.333. The zero-order valence-electron chi connectivity index (χ0n) is 10.1. The number of ether oxygens (including phenoxy) is 1. The molecule has 0 spiro atoms. The molecule has 0 fully saturated rings. The third-order valence-corrected chi connectivity index (χ3v) is 2.53. The standard InChI is InChI=1S/C12H14ClNO4/c1-3-14-11(15)7(2)18-9-6-4-5-8(13)10(9)12(16)17/h4-7H,3H2,1-2H3,(H,14,15)(H,16,17). The van der Waals surface area contributed by atoms with E-state index < -0.39 is 12.1 Å². The Kier molecular flexibility index (Phi) is 4.97. The molecule has 1 aromatic carbocycles. The van der Waals surface area contributed by atoms with Crippen LogP contribution in [0.25, 0.3) is 0 Å². The summed E-state index contributed by atoms with van der Waals surface area (Å²) in [6, 6.07) is 4.48. The summed E-state index contributed by atoms with van der Waals surface area (Å²) in [6.45, 7) is 3.80. The molecule has 5 nitrogen and oxygen atoms in total. The maximum Gasteiger partial charge on any atom is 0.341 e. The molecule has 2 N–H and O–H groups in total. The van der Waals surface area contributed by atoms with Gasteiger partial charge in [-0.3, -0.25) is 4.79 Å². The lowest BCUT2D eigenvalue weighted by Gasteiger charge is -2.16. The molecular weight excluding hydrogens is 258 g/mol. The van der Waals surface area contributed by atoms with Crippen molar-refractivity contribution in [3.8, 4) is 5.75 Å². The van der Waals surface area contributed by atoms with E-state index in [1.165, 1.54) is 19.1 Å². The number of benzene rings is 1. The number of halogens is 1. The predicted octanol–water partition coefficient (Wildman–Crippen LogP) is 1.94. The number of hydrogen-bond acceptors (Lipinski definition) is 3. The highest BCUT2D eigenvalue weighted by molar-refractivity contribution is 6.33. The van der Waals surface area contributed by atoms with Crippen LogP contribution in [0.15, 0.2) is 18.2 Å². The van der Waals surface area contributed by atoms with Gasteiger partial charge in [0.2, 0.25) is 0 Å². The quantitative estimate of drug-likeness (QED) is 0.858. The molecule has 0 heterocycles. The largest absolute Gasteiger partial charge is 0.480 e. The molecular formula is C12H14ClNO4. The smallest absolute Gasteiger partial charge is 0.341 e. The van der Waals surface area contributed by atoms with E-state index >= 15 is 0 Å². The van der Waals surface area contributed by atoms with E-state index in [-0.39, 0.29) is 22.2 Å². The Hall–Kier alpha value is -1.75. The van der Waals surface area contributed by atoms with Gasteiger partial charge < -0.3 is 15.2 Å². The zero-order chi connectivity index (χ0) is 13.7. The molecule has 0 bridgehead atoms. The first-order valence-corrected chi connectivity index (χ1v) is 5.81. The van der Waals surface area contributed by atoms with Gasteiger partial charge in [-0.05, 0) is 26.0 Å². The second-order valence-corrected chi connectivity index (χ2v) is 3.98. The lowest BCUT2D eigenvalue weighted by molar-refractivity contribution is -0.127. The van der Waals surface area contributed by atoms with E-state index in [4.69, 9.17) is 21.4 Å². The average molecular weight is 272 g/mol. The summed E-state index contributed by atoms with van der Waals surface area (Å²) >= 11 is 5.79. The molecule has 0 aliphatic carbocycles. The van der Waals surface area contributed by atoms with Crippen molar-refractivity contribution in [2.24, 2.45) is 0 Å². The molecule has 1 unspecified atom stereocenters.